The SMILES string of the molecule is CCCn1cc(COCCOCCNC(=O)CCC(CCC(=O)NCCOCCOCc2cn(C)nn2)(CCC(=O)NCCOCCOCc2cn(C)nn2)NC(=O)CCCC(=O)NCCCCCCOP(C)(O)=S)nn1. The predicted octanol–water partition coefficient (Wildman–Crippen LogP) is 1.28. The fraction of sp³-hybridized carbons (Fsp3) is 0.771. The van der Waals surface area contributed by atoms with Crippen molar-refractivity contribution >= 4 is 47.8 Å². The third-order valence-corrected chi connectivity index (χ3v) is 12.3. The van der Waals surface area contributed by atoms with Crippen LogP contribution in [0.2, 0.25) is 0 Å². The van der Waals surface area contributed by atoms with Crippen LogP contribution in [0.25, 0.3) is 0 Å². The molecule has 3 heterocycles. The van der Waals surface area contributed by atoms with E-state index in [1.54, 1.807) is 40.5 Å². The summed E-state index contributed by atoms with van der Waals surface area (Å²) in [4.78, 5) is 76.0. The largest absolute Gasteiger partial charge is 0.377 e. The molecule has 5 amide bonds. The lowest BCUT2D eigenvalue weighted by Crippen LogP contribution is -2.50. The van der Waals surface area contributed by atoms with Crippen LogP contribution in [0.5, 0.6) is 0 Å². The normalized spacial score (nSPS) is 12.3. The van der Waals surface area contributed by atoms with E-state index in [1.807, 2.05) is 6.20 Å². The molecule has 29 heteroatoms. The summed E-state index contributed by atoms with van der Waals surface area (Å²) in [6.07, 6.45) is 10.1. The molecular weight excluding hydrogens is 1040 g/mol. The molecule has 3 aromatic heterocycles. The van der Waals surface area contributed by atoms with Crippen LogP contribution in [-0.4, -0.2) is 184 Å². The Balaban J connectivity index is 1.55. The summed E-state index contributed by atoms with van der Waals surface area (Å²) in [5.41, 5.74) is 0.955. The van der Waals surface area contributed by atoms with Crippen LogP contribution in [0.15, 0.2) is 18.6 Å². The molecule has 0 saturated carbocycles. The zero-order valence-corrected chi connectivity index (χ0v) is 47.3. The summed E-state index contributed by atoms with van der Waals surface area (Å²) in [6, 6.07) is 0. The number of carbonyl (C=O) groups is 5. The molecule has 0 radical (unpaired) electrons. The Morgan fingerprint density at radius 3 is 1.40 bits per heavy atom. The number of nitrogens with one attached hydrogen (secondary N) is 5. The highest BCUT2D eigenvalue weighted by molar-refractivity contribution is 8.09. The number of nitrogens with zero attached hydrogens (tertiary/aromatic N) is 9. The first-order valence-electron chi connectivity index (χ1n) is 26.5. The first kappa shape index (κ1) is 66.4. The molecule has 1 atom stereocenters. The fourth-order valence-corrected chi connectivity index (χ4v) is 8.12. The molecule has 1 unspecified atom stereocenters. The number of rotatable bonds is 48. The Hall–Kier alpha value is -4.90. The van der Waals surface area contributed by atoms with Gasteiger partial charge < -0.3 is 64.4 Å². The first-order chi connectivity index (χ1) is 37.1. The third-order valence-electron chi connectivity index (χ3n) is 11.3. The van der Waals surface area contributed by atoms with E-state index in [9.17, 15) is 28.9 Å². The van der Waals surface area contributed by atoms with Crippen LogP contribution in [0, 0.1) is 0 Å². The van der Waals surface area contributed by atoms with Gasteiger partial charge in [0.1, 0.15) is 17.1 Å². The topological polar surface area (TPSA) is 322 Å². The minimum Gasteiger partial charge on any atom is -0.377 e. The van der Waals surface area contributed by atoms with Gasteiger partial charge in [-0.1, -0.05) is 35.4 Å². The molecule has 6 N–H and O–H groups in total. The summed E-state index contributed by atoms with van der Waals surface area (Å²) >= 11 is 4.89. The van der Waals surface area contributed by atoms with Crippen molar-refractivity contribution in [2.45, 2.75) is 129 Å². The molecule has 0 aliphatic rings. The minimum atomic E-state index is -2.67. The van der Waals surface area contributed by atoms with E-state index < -0.39 is 12.0 Å². The smallest absolute Gasteiger partial charge is 0.220 e. The Kier molecular flexibility index (Phi) is 34.7. The molecule has 27 nitrogen and oxygen atoms in total. The Morgan fingerprint density at radius 2 is 0.948 bits per heavy atom. The highest BCUT2D eigenvalue weighted by atomic mass is 32.5. The van der Waals surface area contributed by atoms with Crippen molar-refractivity contribution < 1.29 is 61.8 Å². The van der Waals surface area contributed by atoms with Gasteiger partial charge >= 0.3 is 0 Å². The molecule has 0 spiro atoms. The fourth-order valence-electron chi connectivity index (χ4n) is 7.43. The average molecular weight is 1130 g/mol. The van der Waals surface area contributed by atoms with E-state index in [0.717, 1.165) is 44.3 Å². The molecule has 3 rings (SSSR count). The van der Waals surface area contributed by atoms with Crippen LogP contribution in [0.1, 0.15) is 114 Å². The number of ether oxygens (including phenoxy) is 6. The Morgan fingerprint density at radius 1 is 0.532 bits per heavy atom. The van der Waals surface area contributed by atoms with E-state index in [-0.39, 0.29) is 127 Å². The van der Waals surface area contributed by atoms with Gasteiger partial charge in [0.25, 0.3) is 0 Å². The van der Waals surface area contributed by atoms with Crippen LogP contribution in [0.3, 0.4) is 0 Å². The van der Waals surface area contributed by atoms with Crippen molar-refractivity contribution in [2.24, 2.45) is 14.1 Å². The van der Waals surface area contributed by atoms with Gasteiger partial charge in [0.05, 0.1) is 104 Å². The van der Waals surface area contributed by atoms with Gasteiger partial charge in [-0.25, -0.2) is 0 Å². The lowest BCUT2D eigenvalue weighted by molar-refractivity contribution is -0.128. The first-order valence-corrected chi connectivity index (χ1v) is 29.6. The van der Waals surface area contributed by atoms with E-state index >= 15 is 0 Å². The summed E-state index contributed by atoms with van der Waals surface area (Å²) in [5, 5.41) is 38.4. The third kappa shape index (κ3) is 34.6. The molecule has 436 valence electrons. The zero-order chi connectivity index (χ0) is 55.8. The molecule has 3 aromatic rings. The van der Waals surface area contributed by atoms with Crippen molar-refractivity contribution in [1.82, 2.24) is 71.6 Å². The predicted molar refractivity (Wildman–Crippen MR) is 285 cm³/mol. The summed E-state index contributed by atoms with van der Waals surface area (Å²) < 4.78 is 43.9. The highest BCUT2D eigenvalue weighted by Gasteiger charge is 2.33. The summed E-state index contributed by atoms with van der Waals surface area (Å²) in [7, 11) is 3.54. The molecule has 0 saturated heterocycles. The number of aryl methyl sites for hydroxylation is 3. The molecule has 0 aromatic carbocycles. The monoisotopic (exact) mass is 1130 g/mol. The van der Waals surface area contributed by atoms with Crippen LogP contribution >= 0.6 is 6.49 Å². The second-order valence-electron chi connectivity index (χ2n) is 18.4. The lowest BCUT2D eigenvalue weighted by atomic mass is 9.82. The van der Waals surface area contributed by atoms with Gasteiger partial charge in [0.2, 0.25) is 29.5 Å². The zero-order valence-electron chi connectivity index (χ0n) is 45.6. The molecular formula is C48H85N14O13PS. The number of hydrogen-bond donors (Lipinski definition) is 6. The molecule has 77 heavy (non-hydrogen) atoms. The number of carbonyl (C=O) groups excluding carboxylic acids is 5. The van der Waals surface area contributed by atoms with Crippen LogP contribution in [0.4, 0.5) is 0 Å². The summed E-state index contributed by atoms with van der Waals surface area (Å²) in [5.74, 6) is -1.49. The second kappa shape index (κ2) is 40.3. The van der Waals surface area contributed by atoms with Gasteiger partial charge in [-0.2, -0.15) is 0 Å². The van der Waals surface area contributed by atoms with Crippen molar-refractivity contribution in [1.29, 1.82) is 0 Å². The minimum absolute atomic E-state index is 0.00525. The standard InChI is InChI=1S/C48H85N14O13PS/c1-5-23-62-36-42(56-59-62)39-74-33-30-71-27-22-52-46(66)15-18-48(16-13-44(64)50-20-25-69-28-31-72-37-40-34-60(2)57-54-40,17-14-45(65)51-21-26-70-29-32-73-38-41-35-61(3)58-55-41)53-47(67)12-10-11-43(63)49-19-8-6-7-9-24-75-76(4,68)77/h34-36H,5-33,37-39H2,1-4H3,(H,49,63)(H,50,64)(H,51,65)(H,52,66)(H,53,67)(H,68,77). The van der Waals surface area contributed by atoms with E-state index in [2.05, 4.69) is 64.4 Å². The van der Waals surface area contributed by atoms with Gasteiger partial charge in [0.15, 0.2) is 6.49 Å². The van der Waals surface area contributed by atoms with Crippen molar-refractivity contribution in [2.75, 3.05) is 98.9 Å². The number of amides is 5. The van der Waals surface area contributed by atoms with Crippen molar-refractivity contribution in [3.05, 3.63) is 35.7 Å². The number of unbranched alkanes of at least 4 members (excludes halogenated alkanes) is 3. The van der Waals surface area contributed by atoms with Gasteiger partial charge in [0, 0.05) is 91.1 Å². The average Bonchev–Trinajstić information content (AvgIpc) is 4.15. The molecule has 0 fully saturated rings. The van der Waals surface area contributed by atoms with E-state index in [0.29, 0.717) is 84.0 Å². The van der Waals surface area contributed by atoms with Crippen molar-refractivity contribution in [3.63, 3.8) is 0 Å². The second-order valence-corrected chi connectivity index (χ2v) is 22.3. The maximum atomic E-state index is 13.8. The van der Waals surface area contributed by atoms with Crippen molar-refractivity contribution in [3.8, 4) is 0 Å². The Bertz CT molecular complexity index is 2090. The Labute approximate surface area is 457 Å². The van der Waals surface area contributed by atoms with Crippen LogP contribution < -0.4 is 26.6 Å². The maximum Gasteiger partial charge on any atom is 0.220 e. The molecule has 0 bridgehead atoms. The van der Waals surface area contributed by atoms with Gasteiger partial charge in [-0.3, -0.25) is 38.0 Å². The molecule has 0 aliphatic heterocycles. The number of aromatic nitrogens is 9. The van der Waals surface area contributed by atoms with Gasteiger partial charge in [-0.15, -0.1) is 15.3 Å². The van der Waals surface area contributed by atoms with Gasteiger partial charge in [-0.05, 0) is 56.8 Å². The lowest BCUT2D eigenvalue weighted by Gasteiger charge is -2.35. The number of hydrogen-bond acceptors (Lipinski definition) is 19. The molecule has 0 aliphatic carbocycles. The van der Waals surface area contributed by atoms with Crippen LogP contribution in [-0.2, 0) is 109 Å². The highest BCUT2D eigenvalue weighted by Crippen LogP contribution is 2.37. The van der Waals surface area contributed by atoms with E-state index in [1.165, 1.54) is 6.66 Å². The maximum absolute atomic E-state index is 13.8. The van der Waals surface area contributed by atoms with E-state index in [4.69, 9.17) is 44.8 Å². The quantitative estimate of drug-likeness (QED) is 0.0343. The summed E-state index contributed by atoms with van der Waals surface area (Å²) in [6.45, 7) is 6.67.